The highest BCUT2D eigenvalue weighted by atomic mass is 16.2. The van der Waals surface area contributed by atoms with Gasteiger partial charge in [0.05, 0.1) is 0 Å². The van der Waals surface area contributed by atoms with Crippen molar-refractivity contribution in [2.24, 2.45) is 5.41 Å². The molecule has 0 aliphatic heterocycles. The van der Waals surface area contributed by atoms with Crippen LogP contribution < -0.4 is 15.5 Å². The van der Waals surface area contributed by atoms with Gasteiger partial charge in [-0.3, -0.25) is 14.6 Å². The molecule has 0 atom stereocenters. The molecule has 6 heteroatoms. The summed E-state index contributed by atoms with van der Waals surface area (Å²) in [6.07, 6.45) is 4.53. The van der Waals surface area contributed by atoms with Gasteiger partial charge in [0, 0.05) is 43.4 Å². The smallest absolute Gasteiger partial charge is 0.240 e. The van der Waals surface area contributed by atoms with E-state index in [1.54, 1.807) is 12.4 Å². The van der Waals surface area contributed by atoms with Crippen molar-refractivity contribution in [3.8, 4) is 0 Å². The normalized spacial score (nSPS) is 14.3. The van der Waals surface area contributed by atoms with Crippen LogP contribution in [0.5, 0.6) is 0 Å². The number of benzene rings is 1. The Labute approximate surface area is 160 Å². The molecule has 0 unspecified atom stereocenters. The second-order valence-electron chi connectivity index (χ2n) is 6.79. The monoisotopic (exact) mass is 366 g/mol. The number of pyridine rings is 1. The Hall–Kier alpha value is -2.89. The molecule has 0 saturated heterocycles. The van der Waals surface area contributed by atoms with E-state index in [9.17, 15) is 9.59 Å². The molecular weight excluding hydrogens is 340 g/mol. The number of anilines is 2. The third-order valence-corrected chi connectivity index (χ3v) is 5.08. The molecule has 1 heterocycles. The lowest BCUT2D eigenvalue weighted by molar-refractivity contribution is -0.134. The standard InChI is InChI=1S/C21H26N4O2/c1-3-25(4-2)18-7-5-17(6-8-18)24-20(27)21(11-12-21)19(26)23-15-16-9-13-22-14-10-16/h5-10,13-14H,3-4,11-12,15H2,1-2H3,(H,23,26)(H,24,27). The number of carbonyl (C=O) groups is 2. The van der Waals surface area contributed by atoms with Crippen molar-refractivity contribution in [3.63, 3.8) is 0 Å². The Morgan fingerprint density at radius 1 is 1.00 bits per heavy atom. The van der Waals surface area contributed by atoms with Crippen molar-refractivity contribution in [2.75, 3.05) is 23.3 Å². The maximum Gasteiger partial charge on any atom is 0.240 e. The minimum Gasteiger partial charge on any atom is -0.372 e. The zero-order valence-corrected chi connectivity index (χ0v) is 15.9. The summed E-state index contributed by atoms with van der Waals surface area (Å²) in [4.78, 5) is 31.4. The molecule has 2 amide bonds. The van der Waals surface area contributed by atoms with E-state index >= 15 is 0 Å². The Morgan fingerprint density at radius 2 is 1.63 bits per heavy atom. The van der Waals surface area contributed by atoms with Gasteiger partial charge in [-0.15, -0.1) is 0 Å². The number of hydrogen-bond donors (Lipinski definition) is 2. The second-order valence-corrected chi connectivity index (χ2v) is 6.79. The lowest BCUT2D eigenvalue weighted by atomic mass is 10.0. The van der Waals surface area contributed by atoms with E-state index in [-0.39, 0.29) is 11.8 Å². The van der Waals surface area contributed by atoms with Crippen molar-refractivity contribution >= 4 is 23.2 Å². The zero-order chi connectivity index (χ0) is 19.3. The van der Waals surface area contributed by atoms with Crippen LogP contribution in [0.15, 0.2) is 48.8 Å². The lowest BCUT2D eigenvalue weighted by Gasteiger charge is -2.21. The molecule has 3 rings (SSSR count). The van der Waals surface area contributed by atoms with E-state index in [4.69, 9.17) is 0 Å². The van der Waals surface area contributed by atoms with Gasteiger partial charge in [0.25, 0.3) is 0 Å². The van der Waals surface area contributed by atoms with Crippen LogP contribution in [0.2, 0.25) is 0 Å². The number of hydrogen-bond acceptors (Lipinski definition) is 4. The summed E-state index contributed by atoms with van der Waals surface area (Å²) in [7, 11) is 0. The Morgan fingerprint density at radius 3 is 2.19 bits per heavy atom. The summed E-state index contributed by atoms with van der Waals surface area (Å²) >= 11 is 0. The Bertz CT molecular complexity index is 782. The predicted octanol–water partition coefficient (Wildman–Crippen LogP) is 2.96. The summed E-state index contributed by atoms with van der Waals surface area (Å²) < 4.78 is 0. The summed E-state index contributed by atoms with van der Waals surface area (Å²) in [5.41, 5.74) is 1.85. The quantitative estimate of drug-likeness (QED) is 0.705. The summed E-state index contributed by atoms with van der Waals surface area (Å²) in [6.45, 7) is 6.49. The highest BCUT2D eigenvalue weighted by Gasteiger charge is 2.56. The number of amides is 2. The fourth-order valence-electron chi connectivity index (χ4n) is 3.13. The van der Waals surface area contributed by atoms with Crippen LogP contribution in [0.1, 0.15) is 32.3 Å². The first-order chi connectivity index (χ1) is 13.1. The van der Waals surface area contributed by atoms with Crippen LogP contribution in [0, 0.1) is 5.41 Å². The number of carbonyl (C=O) groups excluding carboxylic acids is 2. The highest BCUT2D eigenvalue weighted by molar-refractivity contribution is 6.13. The van der Waals surface area contributed by atoms with Gasteiger partial charge in [0.1, 0.15) is 5.41 Å². The highest BCUT2D eigenvalue weighted by Crippen LogP contribution is 2.47. The Balaban J connectivity index is 1.59. The molecular formula is C21H26N4O2. The van der Waals surface area contributed by atoms with E-state index in [1.807, 2.05) is 36.4 Å². The SMILES string of the molecule is CCN(CC)c1ccc(NC(=O)C2(C(=O)NCc3ccncc3)CC2)cc1. The number of nitrogens with zero attached hydrogens (tertiary/aromatic N) is 2. The van der Waals surface area contributed by atoms with Gasteiger partial charge in [0.2, 0.25) is 11.8 Å². The minimum absolute atomic E-state index is 0.212. The van der Waals surface area contributed by atoms with E-state index in [1.165, 1.54) is 0 Å². The number of nitrogens with one attached hydrogen (secondary N) is 2. The maximum absolute atomic E-state index is 12.7. The summed E-state index contributed by atoms with van der Waals surface area (Å²) in [6, 6.07) is 11.4. The van der Waals surface area contributed by atoms with Crippen molar-refractivity contribution in [1.82, 2.24) is 10.3 Å². The summed E-state index contributed by atoms with van der Waals surface area (Å²) in [5, 5.41) is 5.77. The predicted molar refractivity (Wildman–Crippen MR) is 106 cm³/mol. The molecule has 27 heavy (non-hydrogen) atoms. The molecule has 1 fully saturated rings. The van der Waals surface area contributed by atoms with E-state index in [2.05, 4.69) is 34.4 Å². The van der Waals surface area contributed by atoms with Gasteiger partial charge in [-0.05, 0) is 68.7 Å². The van der Waals surface area contributed by atoms with Crippen LogP contribution in [0.25, 0.3) is 0 Å². The molecule has 2 aromatic rings. The molecule has 2 N–H and O–H groups in total. The first kappa shape index (κ1) is 18.9. The van der Waals surface area contributed by atoms with Gasteiger partial charge in [-0.25, -0.2) is 0 Å². The fourth-order valence-corrected chi connectivity index (χ4v) is 3.13. The molecule has 6 nitrogen and oxygen atoms in total. The van der Waals surface area contributed by atoms with Gasteiger partial charge >= 0.3 is 0 Å². The van der Waals surface area contributed by atoms with Crippen LogP contribution in [0.3, 0.4) is 0 Å². The molecule has 1 aliphatic rings. The molecule has 1 aromatic carbocycles. The average molecular weight is 366 g/mol. The topological polar surface area (TPSA) is 74.3 Å². The van der Waals surface area contributed by atoms with Gasteiger partial charge in [0.15, 0.2) is 0 Å². The van der Waals surface area contributed by atoms with Gasteiger partial charge in [-0.1, -0.05) is 0 Å². The maximum atomic E-state index is 12.7. The first-order valence-electron chi connectivity index (χ1n) is 9.42. The second kappa shape index (κ2) is 8.20. The van der Waals surface area contributed by atoms with Crippen LogP contribution in [-0.4, -0.2) is 29.9 Å². The van der Waals surface area contributed by atoms with Crippen molar-refractivity contribution < 1.29 is 9.59 Å². The van der Waals surface area contributed by atoms with E-state index in [0.29, 0.717) is 25.1 Å². The van der Waals surface area contributed by atoms with E-state index < -0.39 is 5.41 Å². The largest absolute Gasteiger partial charge is 0.372 e. The minimum atomic E-state index is -0.940. The zero-order valence-electron chi connectivity index (χ0n) is 15.9. The van der Waals surface area contributed by atoms with Crippen molar-refractivity contribution in [1.29, 1.82) is 0 Å². The average Bonchev–Trinajstić information content (AvgIpc) is 3.51. The van der Waals surface area contributed by atoms with E-state index in [0.717, 1.165) is 24.3 Å². The van der Waals surface area contributed by atoms with Gasteiger partial charge < -0.3 is 15.5 Å². The third kappa shape index (κ3) is 4.27. The van der Waals surface area contributed by atoms with Crippen LogP contribution in [0.4, 0.5) is 11.4 Å². The van der Waals surface area contributed by atoms with Crippen LogP contribution >= 0.6 is 0 Å². The number of rotatable bonds is 8. The Kier molecular flexibility index (Phi) is 5.74. The van der Waals surface area contributed by atoms with Gasteiger partial charge in [-0.2, -0.15) is 0 Å². The first-order valence-corrected chi connectivity index (χ1v) is 9.42. The molecule has 1 aliphatic carbocycles. The molecule has 0 bridgehead atoms. The molecule has 0 radical (unpaired) electrons. The fraction of sp³-hybridized carbons (Fsp3) is 0.381. The van der Waals surface area contributed by atoms with Crippen molar-refractivity contribution in [2.45, 2.75) is 33.2 Å². The number of aromatic nitrogens is 1. The molecule has 0 spiro atoms. The lowest BCUT2D eigenvalue weighted by Crippen LogP contribution is -2.39. The third-order valence-electron chi connectivity index (χ3n) is 5.08. The van der Waals surface area contributed by atoms with Crippen molar-refractivity contribution in [3.05, 3.63) is 54.4 Å². The summed E-state index contributed by atoms with van der Waals surface area (Å²) in [5.74, 6) is -0.443. The molecule has 142 valence electrons. The molecule has 1 saturated carbocycles. The van der Waals surface area contributed by atoms with Crippen LogP contribution in [-0.2, 0) is 16.1 Å². The molecule has 1 aromatic heterocycles.